The van der Waals surface area contributed by atoms with Gasteiger partial charge in [-0.15, -0.1) is 0 Å². The third-order valence-corrected chi connectivity index (χ3v) is 6.29. The van der Waals surface area contributed by atoms with Crippen LogP contribution in [-0.4, -0.2) is 33.2 Å². The monoisotopic (exact) mass is 366 g/mol. The molecule has 1 saturated carbocycles. The van der Waals surface area contributed by atoms with E-state index in [0.29, 0.717) is 11.8 Å². The van der Waals surface area contributed by atoms with Crippen LogP contribution in [0.1, 0.15) is 57.9 Å². The molecular formula is C19H30N2O3S. The zero-order valence-electron chi connectivity index (χ0n) is 15.7. The maximum Gasteiger partial charge on any atom is 0.243 e. The fourth-order valence-electron chi connectivity index (χ4n) is 3.17. The maximum atomic E-state index is 12.4. The molecule has 140 valence electrons. The number of amides is 1. The lowest BCUT2D eigenvalue weighted by atomic mass is 9.88. The Hall–Kier alpha value is -1.40. The number of hydrogen-bond donors (Lipinski definition) is 1. The number of benzene rings is 1. The SMILES string of the molecule is CC1CCC(NS(=O)(=O)CC(=O)N(C)c2cccc(C(C)C)c2)CC1. The van der Waals surface area contributed by atoms with Crippen molar-refractivity contribution >= 4 is 21.6 Å². The van der Waals surface area contributed by atoms with Crippen LogP contribution in [0.3, 0.4) is 0 Å². The van der Waals surface area contributed by atoms with E-state index in [0.717, 1.165) is 36.9 Å². The van der Waals surface area contributed by atoms with E-state index in [-0.39, 0.29) is 6.04 Å². The van der Waals surface area contributed by atoms with Gasteiger partial charge < -0.3 is 4.90 Å². The number of carbonyl (C=O) groups excluding carboxylic acids is 1. The van der Waals surface area contributed by atoms with Crippen molar-refractivity contribution in [1.29, 1.82) is 0 Å². The first-order valence-electron chi connectivity index (χ1n) is 9.04. The first kappa shape index (κ1) is 19.9. The van der Waals surface area contributed by atoms with Gasteiger partial charge in [0.2, 0.25) is 15.9 Å². The molecule has 5 nitrogen and oxygen atoms in total. The number of nitrogens with one attached hydrogen (secondary N) is 1. The summed E-state index contributed by atoms with van der Waals surface area (Å²) in [6.07, 6.45) is 3.76. The summed E-state index contributed by atoms with van der Waals surface area (Å²) >= 11 is 0. The molecule has 25 heavy (non-hydrogen) atoms. The third kappa shape index (κ3) is 5.82. The second kappa shape index (κ2) is 8.32. The molecule has 0 unspecified atom stereocenters. The molecule has 1 aromatic rings. The van der Waals surface area contributed by atoms with E-state index < -0.39 is 21.7 Å². The summed E-state index contributed by atoms with van der Waals surface area (Å²) in [4.78, 5) is 13.9. The Bertz CT molecular complexity index is 692. The number of anilines is 1. The Balaban J connectivity index is 1.98. The minimum atomic E-state index is -3.62. The van der Waals surface area contributed by atoms with E-state index in [1.54, 1.807) is 7.05 Å². The van der Waals surface area contributed by atoms with Gasteiger partial charge in [-0.25, -0.2) is 13.1 Å². The second-order valence-corrected chi connectivity index (χ2v) is 9.29. The van der Waals surface area contributed by atoms with Crippen molar-refractivity contribution in [3.8, 4) is 0 Å². The van der Waals surface area contributed by atoms with Crippen LogP contribution in [0, 0.1) is 5.92 Å². The Labute approximate surface area is 151 Å². The lowest BCUT2D eigenvalue weighted by Crippen LogP contribution is -2.43. The summed E-state index contributed by atoms with van der Waals surface area (Å²) in [6, 6.07) is 7.63. The van der Waals surface area contributed by atoms with Crippen molar-refractivity contribution in [1.82, 2.24) is 4.72 Å². The highest BCUT2D eigenvalue weighted by molar-refractivity contribution is 7.90. The molecule has 1 aromatic carbocycles. The highest BCUT2D eigenvalue weighted by Gasteiger charge is 2.26. The fourth-order valence-corrected chi connectivity index (χ4v) is 4.52. The van der Waals surface area contributed by atoms with E-state index in [2.05, 4.69) is 25.5 Å². The summed E-state index contributed by atoms with van der Waals surface area (Å²) in [5.41, 5.74) is 1.84. The van der Waals surface area contributed by atoms with Crippen LogP contribution in [0.5, 0.6) is 0 Å². The third-order valence-electron chi connectivity index (χ3n) is 4.97. The van der Waals surface area contributed by atoms with Crippen LogP contribution in [-0.2, 0) is 14.8 Å². The van der Waals surface area contributed by atoms with Crippen LogP contribution >= 0.6 is 0 Å². The molecule has 0 atom stereocenters. The smallest absolute Gasteiger partial charge is 0.243 e. The lowest BCUT2D eigenvalue weighted by Gasteiger charge is -2.27. The zero-order chi connectivity index (χ0) is 18.6. The van der Waals surface area contributed by atoms with Gasteiger partial charge in [0, 0.05) is 18.8 Å². The Kier molecular flexibility index (Phi) is 6.63. The molecule has 0 bridgehead atoms. The molecule has 1 aliphatic rings. The van der Waals surface area contributed by atoms with Crippen LogP contribution in [0.4, 0.5) is 5.69 Å². The summed E-state index contributed by atoms with van der Waals surface area (Å²) in [5, 5.41) is 0. The van der Waals surface area contributed by atoms with Gasteiger partial charge >= 0.3 is 0 Å². The van der Waals surface area contributed by atoms with Crippen LogP contribution in [0.15, 0.2) is 24.3 Å². The van der Waals surface area contributed by atoms with Crippen LogP contribution < -0.4 is 9.62 Å². The molecule has 6 heteroatoms. The van der Waals surface area contributed by atoms with Gasteiger partial charge in [0.1, 0.15) is 5.75 Å². The molecule has 0 aromatic heterocycles. The standard InChI is InChI=1S/C19H30N2O3S/c1-14(2)16-6-5-7-18(12-16)21(4)19(22)13-25(23,24)20-17-10-8-15(3)9-11-17/h5-7,12,14-15,17,20H,8-11,13H2,1-4H3. The van der Waals surface area contributed by atoms with Gasteiger partial charge in [-0.2, -0.15) is 0 Å². The average molecular weight is 367 g/mol. The molecule has 0 aliphatic heterocycles. The first-order chi connectivity index (χ1) is 11.7. The number of sulfonamides is 1. The van der Waals surface area contributed by atoms with Crippen LogP contribution in [0.2, 0.25) is 0 Å². The molecule has 1 amide bonds. The van der Waals surface area contributed by atoms with Gasteiger partial charge in [0.15, 0.2) is 0 Å². The van der Waals surface area contributed by atoms with Gasteiger partial charge in [0.25, 0.3) is 0 Å². The molecule has 0 saturated heterocycles. The summed E-state index contributed by atoms with van der Waals surface area (Å²) < 4.78 is 27.4. The Morgan fingerprint density at radius 2 is 1.88 bits per heavy atom. The molecule has 1 fully saturated rings. The van der Waals surface area contributed by atoms with Gasteiger partial charge in [-0.1, -0.05) is 32.9 Å². The highest BCUT2D eigenvalue weighted by atomic mass is 32.2. The van der Waals surface area contributed by atoms with Gasteiger partial charge in [0.05, 0.1) is 0 Å². The van der Waals surface area contributed by atoms with Gasteiger partial charge in [-0.3, -0.25) is 4.79 Å². The highest BCUT2D eigenvalue weighted by Crippen LogP contribution is 2.24. The Morgan fingerprint density at radius 1 is 1.24 bits per heavy atom. The number of hydrogen-bond acceptors (Lipinski definition) is 3. The predicted octanol–water partition coefficient (Wildman–Crippen LogP) is 3.27. The normalized spacial score (nSPS) is 21.3. The van der Waals surface area contributed by atoms with E-state index in [9.17, 15) is 13.2 Å². The van der Waals surface area contributed by atoms with Crippen molar-refractivity contribution in [3.05, 3.63) is 29.8 Å². The molecule has 0 radical (unpaired) electrons. The topological polar surface area (TPSA) is 66.5 Å². The molecule has 0 spiro atoms. The Morgan fingerprint density at radius 3 is 2.48 bits per heavy atom. The zero-order valence-corrected chi connectivity index (χ0v) is 16.5. The molecule has 2 rings (SSSR count). The number of carbonyl (C=O) groups is 1. The van der Waals surface area contributed by atoms with Gasteiger partial charge in [-0.05, 0) is 55.2 Å². The van der Waals surface area contributed by atoms with E-state index in [4.69, 9.17) is 0 Å². The number of nitrogens with zero attached hydrogens (tertiary/aromatic N) is 1. The van der Waals surface area contributed by atoms with E-state index in [1.165, 1.54) is 4.90 Å². The predicted molar refractivity (Wildman–Crippen MR) is 102 cm³/mol. The van der Waals surface area contributed by atoms with E-state index >= 15 is 0 Å². The summed E-state index contributed by atoms with van der Waals surface area (Å²) in [6.45, 7) is 6.36. The first-order valence-corrected chi connectivity index (χ1v) is 10.7. The average Bonchev–Trinajstić information content (AvgIpc) is 2.55. The fraction of sp³-hybridized carbons (Fsp3) is 0.632. The second-order valence-electron chi connectivity index (χ2n) is 7.54. The van der Waals surface area contributed by atoms with Crippen molar-refractivity contribution in [2.45, 2.75) is 58.4 Å². The minimum absolute atomic E-state index is 0.0384. The van der Waals surface area contributed by atoms with Crippen molar-refractivity contribution < 1.29 is 13.2 Å². The largest absolute Gasteiger partial charge is 0.315 e. The van der Waals surface area contributed by atoms with Crippen LogP contribution in [0.25, 0.3) is 0 Å². The van der Waals surface area contributed by atoms with Crippen molar-refractivity contribution in [2.75, 3.05) is 17.7 Å². The molecule has 1 N–H and O–H groups in total. The molecular weight excluding hydrogens is 336 g/mol. The van der Waals surface area contributed by atoms with Crippen molar-refractivity contribution in [2.24, 2.45) is 5.92 Å². The minimum Gasteiger partial charge on any atom is -0.315 e. The van der Waals surface area contributed by atoms with Crippen molar-refractivity contribution in [3.63, 3.8) is 0 Å². The quantitative estimate of drug-likeness (QED) is 0.840. The van der Waals surface area contributed by atoms with E-state index in [1.807, 2.05) is 24.3 Å². The maximum absolute atomic E-state index is 12.4. The lowest BCUT2D eigenvalue weighted by molar-refractivity contribution is -0.116. The number of rotatable bonds is 6. The summed E-state index contributed by atoms with van der Waals surface area (Å²) in [5.74, 6) is 0.0726. The molecule has 0 heterocycles. The summed E-state index contributed by atoms with van der Waals surface area (Å²) in [7, 11) is -1.99. The molecule has 1 aliphatic carbocycles.